The Hall–Kier alpha value is -1.56. The van der Waals surface area contributed by atoms with Crippen molar-refractivity contribution in [1.29, 1.82) is 0 Å². The minimum absolute atomic E-state index is 1.18. The van der Waals surface area contributed by atoms with Crippen LogP contribution in [0.2, 0.25) is 0 Å². The second-order valence-corrected chi connectivity index (χ2v) is 4.58. The predicted octanol–water partition coefficient (Wildman–Crippen LogP) is 5.00. The van der Waals surface area contributed by atoms with E-state index < -0.39 is 0 Å². The van der Waals surface area contributed by atoms with Crippen LogP contribution >= 0.6 is 0 Å². The third-order valence-electron chi connectivity index (χ3n) is 3.22. The van der Waals surface area contributed by atoms with E-state index in [-0.39, 0.29) is 0 Å². The van der Waals surface area contributed by atoms with E-state index in [1.165, 1.54) is 41.5 Å². The van der Waals surface area contributed by atoms with Crippen molar-refractivity contribution in [3.63, 3.8) is 0 Å². The molecule has 0 heteroatoms. The third-order valence-corrected chi connectivity index (χ3v) is 3.22. The van der Waals surface area contributed by atoms with Gasteiger partial charge in [-0.25, -0.2) is 0 Å². The number of benzene rings is 2. The quantitative estimate of drug-likeness (QED) is 0.685. The standard InChI is InChI=1S/C17H20/c1-3-4-10-15-13-8-9-14(2)17(15)16-11-6-5-7-12-16/h5-9,11-13H,3-4,10H2,1-2H3. The maximum atomic E-state index is 2.27. The molecule has 0 amide bonds. The zero-order valence-electron chi connectivity index (χ0n) is 10.7. The summed E-state index contributed by atoms with van der Waals surface area (Å²) in [6.07, 6.45) is 3.70. The minimum atomic E-state index is 1.18. The highest BCUT2D eigenvalue weighted by atomic mass is 14.1. The van der Waals surface area contributed by atoms with Crippen molar-refractivity contribution in [2.75, 3.05) is 0 Å². The molecule has 0 atom stereocenters. The molecule has 2 aromatic carbocycles. The van der Waals surface area contributed by atoms with E-state index in [1.807, 2.05) is 0 Å². The van der Waals surface area contributed by atoms with Crippen molar-refractivity contribution in [3.05, 3.63) is 59.7 Å². The molecule has 0 fully saturated rings. The highest BCUT2D eigenvalue weighted by Crippen LogP contribution is 2.28. The largest absolute Gasteiger partial charge is 0.0654 e. The predicted molar refractivity (Wildman–Crippen MR) is 75.2 cm³/mol. The summed E-state index contributed by atoms with van der Waals surface area (Å²) in [5, 5.41) is 0. The lowest BCUT2D eigenvalue weighted by Gasteiger charge is -2.12. The van der Waals surface area contributed by atoms with Crippen LogP contribution in [-0.4, -0.2) is 0 Å². The summed E-state index contributed by atoms with van der Waals surface area (Å²) in [4.78, 5) is 0. The first-order valence-corrected chi connectivity index (χ1v) is 6.47. The lowest BCUT2D eigenvalue weighted by atomic mass is 9.92. The normalized spacial score (nSPS) is 10.5. The maximum Gasteiger partial charge on any atom is -0.0123 e. The molecule has 0 N–H and O–H groups in total. The average molecular weight is 224 g/mol. The smallest absolute Gasteiger partial charge is 0.0123 e. The van der Waals surface area contributed by atoms with E-state index in [9.17, 15) is 0 Å². The van der Waals surface area contributed by atoms with Gasteiger partial charge in [0.05, 0.1) is 0 Å². The minimum Gasteiger partial charge on any atom is -0.0654 e. The molecule has 0 saturated carbocycles. The summed E-state index contributed by atoms with van der Waals surface area (Å²) in [6, 6.07) is 17.4. The molecule has 0 aliphatic heterocycles. The fourth-order valence-electron chi connectivity index (χ4n) is 2.32. The molecule has 17 heavy (non-hydrogen) atoms. The molecule has 0 nitrogen and oxygen atoms in total. The fourth-order valence-corrected chi connectivity index (χ4v) is 2.32. The molecule has 0 spiro atoms. The Morgan fingerprint density at radius 2 is 1.65 bits per heavy atom. The van der Waals surface area contributed by atoms with Crippen LogP contribution in [0.1, 0.15) is 30.9 Å². The summed E-state index contributed by atoms with van der Waals surface area (Å²) in [5.74, 6) is 0. The molecule has 88 valence electrons. The van der Waals surface area contributed by atoms with Gasteiger partial charge >= 0.3 is 0 Å². The van der Waals surface area contributed by atoms with Crippen molar-refractivity contribution < 1.29 is 0 Å². The van der Waals surface area contributed by atoms with Crippen LogP contribution in [0.3, 0.4) is 0 Å². The maximum absolute atomic E-state index is 2.27. The van der Waals surface area contributed by atoms with Crippen molar-refractivity contribution >= 4 is 0 Å². The Morgan fingerprint density at radius 1 is 0.882 bits per heavy atom. The molecule has 0 aliphatic rings. The van der Waals surface area contributed by atoms with Gasteiger partial charge in [0.2, 0.25) is 0 Å². The molecule has 0 bridgehead atoms. The second kappa shape index (κ2) is 5.67. The molecule has 2 aromatic rings. The summed E-state index contributed by atoms with van der Waals surface area (Å²) in [6.45, 7) is 4.45. The van der Waals surface area contributed by atoms with E-state index in [0.717, 1.165) is 0 Å². The lowest BCUT2D eigenvalue weighted by Crippen LogP contribution is -1.93. The van der Waals surface area contributed by atoms with Gasteiger partial charge in [0, 0.05) is 0 Å². The van der Waals surface area contributed by atoms with E-state index in [1.54, 1.807) is 0 Å². The molecule has 0 heterocycles. The Balaban J connectivity index is 2.44. The molecule has 0 aromatic heterocycles. The zero-order valence-corrected chi connectivity index (χ0v) is 10.7. The van der Waals surface area contributed by atoms with Crippen LogP contribution < -0.4 is 0 Å². The van der Waals surface area contributed by atoms with Crippen LogP contribution in [0.15, 0.2) is 48.5 Å². The molecule has 0 aliphatic carbocycles. The summed E-state index contributed by atoms with van der Waals surface area (Å²) in [5.41, 5.74) is 5.64. The second-order valence-electron chi connectivity index (χ2n) is 4.58. The monoisotopic (exact) mass is 224 g/mol. The van der Waals surface area contributed by atoms with Gasteiger partial charge in [-0.15, -0.1) is 0 Å². The zero-order chi connectivity index (χ0) is 12.1. The number of unbranched alkanes of at least 4 members (excludes halogenated alkanes) is 1. The summed E-state index contributed by atoms with van der Waals surface area (Å²) >= 11 is 0. The molecule has 2 rings (SSSR count). The Bertz CT molecular complexity index is 469. The van der Waals surface area contributed by atoms with Gasteiger partial charge in [0.1, 0.15) is 0 Å². The van der Waals surface area contributed by atoms with Gasteiger partial charge in [-0.2, -0.15) is 0 Å². The highest BCUT2D eigenvalue weighted by Gasteiger charge is 2.06. The summed E-state index contributed by atoms with van der Waals surface area (Å²) in [7, 11) is 0. The first kappa shape index (κ1) is 11.9. The van der Waals surface area contributed by atoms with Gasteiger partial charge in [0.15, 0.2) is 0 Å². The number of hydrogen-bond donors (Lipinski definition) is 0. The Morgan fingerprint density at radius 3 is 2.35 bits per heavy atom. The fraction of sp³-hybridized carbons (Fsp3) is 0.294. The van der Waals surface area contributed by atoms with Crippen molar-refractivity contribution in [2.45, 2.75) is 33.1 Å². The van der Waals surface area contributed by atoms with E-state index in [4.69, 9.17) is 0 Å². The SMILES string of the molecule is CCCCc1cccc(C)c1-c1ccccc1. The van der Waals surface area contributed by atoms with Gasteiger partial charge in [0.25, 0.3) is 0 Å². The lowest BCUT2D eigenvalue weighted by molar-refractivity contribution is 0.795. The Kier molecular flexibility index (Phi) is 3.98. The summed E-state index contributed by atoms with van der Waals surface area (Å²) < 4.78 is 0. The first-order chi connectivity index (χ1) is 8.33. The molecule has 0 unspecified atom stereocenters. The molecular weight excluding hydrogens is 204 g/mol. The van der Waals surface area contributed by atoms with Crippen LogP contribution in [0.5, 0.6) is 0 Å². The highest BCUT2D eigenvalue weighted by molar-refractivity contribution is 5.70. The van der Waals surface area contributed by atoms with Crippen LogP contribution in [0, 0.1) is 6.92 Å². The van der Waals surface area contributed by atoms with Gasteiger partial charge < -0.3 is 0 Å². The van der Waals surface area contributed by atoms with E-state index in [2.05, 4.69) is 62.4 Å². The first-order valence-electron chi connectivity index (χ1n) is 6.47. The molecule has 0 saturated heterocycles. The van der Waals surface area contributed by atoms with Crippen LogP contribution in [0.4, 0.5) is 0 Å². The van der Waals surface area contributed by atoms with Crippen LogP contribution in [0.25, 0.3) is 11.1 Å². The van der Waals surface area contributed by atoms with Crippen molar-refractivity contribution in [1.82, 2.24) is 0 Å². The van der Waals surface area contributed by atoms with E-state index in [0.29, 0.717) is 0 Å². The van der Waals surface area contributed by atoms with Crippen molar-refractivity contribution in [2.24, 2.45) is 0 Å². The topological polar surface area (TPSA) is 0 Å². The molecule has 0 radical (unpaired) electrons. The van der Waals surface area contributed by atoms with E-state index >= 15 is 0 Å². The number of hydrogen-bond acceptors (Lipinski definition) is 0. The van der Waals surface area contributed by atoms with Gasteiger partial charge in [-0.3, -0.25) is 0 Å². The van der Waals surface area contributed by atoms with Crippen molar-refractivity contribution in [3.8, 4) is 11.1 Å². The Labute approximate surface area is 104 Å². The number of rotatable bonds is 4. The third kappa shape index (κ3) is 2.76. The van der Waals surface area contributed by atoms with Crippen LogP contribution in [-0.2, 0) is 6.42 Å². The average Bonchev–Trinajstić information content (AvgIpc) is 2.37. The number of aryl methyl sites for hydroxylation is 2. The van der Waals surface area contributed by atoms with Gasteiger partial charge in [-0.1, -0.05) is 61.9 Å². The molecular formula is C17H20. The van der Waals surface area contributed by atoms with Gasteiger partial charge in [-0.05, 0) is 42.0 Å².